The summed E-state index contributed by atoms with van der Waals surface area (Å²) in [5, 5.41) is 10.3. The highest BCUT2D eigenvalue weighted by atomic mass is 16.2. The number of amides is 2. The van der Waals surface area contributed by atoms with Gasteiger partial charge in [-0.05, 0) is 32.6 Å². The lowest BCUT2D eigenvalue weighted by atomic mass is 10.2. The molecule has 0 aliphatic heterocycles. The van der Waals surface area contributed by atoms with E-state index in [-0.39, 0.29) is 6.03 Å². The molecule has 1 saturated carbocycles. The fourth-order valence-electron chi connectivity index (χ4n) is 2.80. The van der Waals surface area contributed by atoms with Gasteiger partial charge in [0.15, 0.2) is 0 Å². The molecule has 0 aromatic carbocycles. The molecule has 134 valence electrons. The molecule has 1 aliphatic carbocycles. The van der Waals surface area contributed by atoms with Crippen LogP contribution in [0.2, 0.25) is 0 Å². The first-order valence-electron chi connectivity index (χ1n) is 8.54. The van der Waals surface area contributed by atoms with E-state index in [9.17, 15) is 4.79 Å². The highest BCUT2D eigenvalue weighted by molar-refractivity contribution is 5.88. The van der Waals surface area contributed by atoms with E-state index in [1.807, 2.05) is 11.6 Å². The summed E-state index contributed by atoms with van der Waals surface area (Å²) in [5.41, 5.74) is 1.84. The number of urea groups is 1. The second-order valence-electron chi connectivity index (χ2n) is 6.65. The Labute approximate surface area is 147 Å². The predicted octanol–water partition coefficient (Wildman–Crippen LogP) is 2.66. The summed E-state index contributed by atoms with van der Waals surface area (Å²) in [6, 6.07) is 0.127. The van der Waals surface area contributed by atoms with Crippen molar-refractivity contribution in [3.05, 3.63) is 29.7 Å². The SMILES string of the molecule is CNc1ncc(CN(C)C(=O)Nc2c(C)cnn2[C@H](C)C2CC2)cn1. The molecule has 0 bridgehead atoms. The van der Waals surface area contributed by atoms with Crippen molar-refractivity contribution in [3.63, 3.8) is 0 Å². The zero-order valence-corrected chi connectivity index (χ0v) is 15.2. The molecule has 2 aromatic heterocycles. The van der Waals surface area contributed by atoms with Gasteiger partial charge in [0.1, 0.15) is 5.82 Å². The molecule has 2 heterocycles. The maximum absolute atomic E-state index is 12.6. The smallest absolute Gasteiger partial charge is 0.323 e. The first-order chi connectivity index (χ1) is 12.0. The average Bonchev–Trinajstić information content (AvgIpc) is 3.40. The standard InChI is InChI=1S/C17H25N7O/c1-11-7-21-24(12(2)14-5-6-14)15(11)22-17(25)23(4)10-13-8-19-16(18-3)20-9-13/h7-9,12,14H,5-6,10H2,1-4H3,(H,22,25)(H,18,19,20)/t12-/m1/s1. The third kappa shape index (κ3) is 3.89. The molecule has 0 radical (unpaired) electrons. The van der Waals surface area contributed by atoms with Crippen molar-refractivity contribution in [2.75, 3.05) is 24.7 Å². The van der Waals surface area contributed by atoms with Gasteiger partial charge in [0.25, 0.3) is 0 Å². The van der Waals surface area contributed by atoms with Gasteiger partial charge in [-0.2, -0.15) is 5.10 Å². The summed E-state index contributed by atoms with van der Waals surface area (Å²) >= 11 is 0. The Morgan fingerprint density at radius 2 is 2.04 bits per heavy atom. The monoisotopic (exact) mass is 343 g/mol. The number of carbonyl (C=O) groups is 1. The van der Waals surface area contributed by atoms with Gasteiger partial charge in [-0.15, -0.1) is 0 Å². The second-order valence-corrected chi connectivity index (χ2v) is 6.65. The van der Waals surface area contributed by atoms with Crippen LogP contribution < -0.4 is 10.6 Å². The number of hydrogen-bond acceptors (Lipinski definition) is 5. The van der Waals surface area contributed by atoms with Crippen LogP contribution in [0.25, 0.3) is 0 Å². The van der Waals surface area contributed by atoms with Crippen molar-refractivity contribution in [1.82, 2.24) is 24.6 Å². The molecule has 2 amide bonds. The largest absolute Gasteiger partial charge is 0.357 e. The molecular formula is C17H25N7O. The summed E-state index contributed by atoms with van der Waals surface area (Å²) in [4.78, 5) is 22.5. The van der Waals surface area contributed by atoms with E-state index in [0.29, 0.717) is 24.5 Å². The fraction of sp³-hybridized carbons (Fsp3) is 0.529. The van der Waals surface area contributed by atoms with Crippen LogP contribution in [0.15, 0.2) is 18.6 Å². The van der Waals surface area contributed by atoms with Crippen LogP contribution in [-0.2, 0) is 6.54 Å². The highest BCUT2D eigenvalue weighted by Crippen LogP contribution is 2.40. The Balaban J connectivity index is 1.66. The summed E-state index contributed by atoms with van der Waals surface area (Å²) in [5.74, 6) is 2.00. The lowest BCUT2D eigenvalue weighted by Crippen LogP contribution is -2.32. The van der Waals surface area contributed by atoms with Crippen molar-refractivity contribution >= 4 is 17.8 Å². The number of carbonyl (C=O) groups excluding carboxylic acids is 1. The third-order valence-corrected chi connectivity index (χ3v) is 4.59. The van der Waals surface area contributed by atoms with Crippen molar-refractivity contribution in [1.29, 1.82) is 0 Å². The quantitative estimate of drug-likeness (QED) is 0.842. The number of aryl methyl sites for hydroxylation is 1. The van der Waals surface area contributed by atoms with Gasteiger partial charge >= 0.3 is 6.03 Å². The van der Waals surface area contributed by atoms with Crippen LogP contribution in [-0.4, -0.2) is 44.8 Å². The summed E-state index contributed by atoms with van der Waals surface area (Å²) < 4.78 is 1.93. The maximum atomic E-state index is 12.6. The van der Waals surface area contributed by atoms with E-state index in [2.05, 4.69) is 32.6 Å². The number of rotatable bonds is 6. The van der Waals surface area contributed by atoms with Crippen molar-refractivity contribution in [2.24, 2.45) is 5.92 Å². The normalized spacial score (nSPS) is 14.9. The van der Waals surface area contributed by atoms with E-state index in [0.717, 1.165) is 16.9 Å². The Bertz CT molecular complexity index is 736. The summed E-state index contributed by atoms with van der Waals surface area (Å²) in [6.45, 7) is 4.55. The number of nitrogens with zero attached hydrogens (tertiary/aromatic N) is 5. The molecule has 1 fully saturated rings. The number of aromatic nitrogens is 4. The van der Waals surface area contributed by atoms with Gasteiger partial charge in [0, 0.05) is 37.6 Å². The summed E-state index contributed by atoms with van der Waals surface area (Å²) in [7, 11) is 3.52. The minimum atomic E-state index is -0.175. The van der Waals surface area contributed by atoms with Crippen molar-refractivity contribution in [2.45, 2.75) is 39.3 Å². The minimum Gasteiger partial charge on any atom is -0.357 e. The molecule has 3 rings (SSSR count). The van der Waals surface area contributed by atoms with E-state index in [1.54, 1.807) is 37.6 Å². The number of anilines is 2. The summed E-state index contributed by atoms with van der Waals surface area (Å²) in [6.07, 6.45) is 7.70. The lowest BCUT2D eigenvalue weighted by Gasteiger charge is -2.20. The molecule has 8 nitrogen and oxygen atoms in total. The van der Waals surface area contributed by atoms with Crippen LogP contribution >= 0.6 is 0 Å². The molecule has 1 aliphatic rings. The van der Waals surface area contributed by atoms with Crippen molar-refractivity contribution in [3.8, 4) is 0 Å². The topological polar surface area (TPSA) is 88.0 Å². The zero-order chi connectivity index (χ0) is 18.0. The third-order valence-electron chi connectivity index (χ3n) is 4.59. The van der Waals surface area contributed by atoms with Crippen LogP contribution in [0, 0.1) is 12.8 Å². The predicted molar refractivity (Wildman–Crippen MR) is 96.5 cm³/mol. The highest BCUT2D eigenvalue weighted by Gasteiger charge is 2.31. The lowest BCUT2D eigenvalue weighted by molar-refractivity contribution is 0.220. The molecule has 0 saturated heterocycles. The average molecular weight is 343 g/mol. The molecule has 1 atom stereocenters. The second kappa shape index (κ2) is 7.08. The number of nitrogens with one attached hydrogen (secondary N) is 2. The molecule has 2 N–H and O–H groups in total. The Morgan fingerprint density at radius 3 is 2.64 bits per heavy atom. The number of hydrogen-bond donors (Lipinski definition) is 2. The van der Waals surface area contributed by atoms with E-state index in [1.165, 1.54) is 12.8 Å². The van der Waals surface area contributed by atoms with Crippen LogP contribution in [0.4, 0.5) is 16.6 Å². The first-order valence-corrected chi connectivity index (χ1v) is 8.54. The van der Waals surface area contributed by atoms with E-state index >= 15 is 0 Å². The fourth-order valence-corrected chi connectivity index (χ4v) is 2.80. The van der Waals surface area contributed by atoms with Gasteiger partial charge in [0.05, 0.1) is 18.8 Å². The van der Waals surface area contributed by atoms with Gasteiger partial charge in [0.2, 0.25) is 5.95 Å². The van der Waals surface area contributed by atoms with Crippen molar-refractivity contribution < 1.29 is 4.79 Å². The Morgan fingerprint density at radius 1 is 1.36 bits per heavy atom. The molecule has 25 heavy (non-hydrogen) atoms. The molecule has 2 aromatic rings. The van der Waals surface area contributed by atoms with Crippen LogP contribution in [0.3, 0.4) is 0 Å². The van der Waals surface area contributed by atoms with E-state index < -0.39 is 0 Å². The minimum absolute atomic E-state index is 0.175. The molecule has 0 unspecified atom stereocenters. The molecule has 0 spiro atoms. The van der Waals surface area contributed by atoms with Gasteiger partial charge < -0.3 is 10.2 Å². The Kier molecular flexibility index (Phi) is 4.87. The maximum Gasteiger partial charge on any atom is 0.323 e. The van der Waals surface area contributed by atoms with Gasteiger partial charge in [-0.25, -0.2) is 19.4 Å². The van der Waals surface area contributed by atoms with Crippen LogP contribution in [0.5, 0.6) is 0 Å². The van der Waals surface area contributed by atoms with Gasteiger partial charge in [-0.1, -0.05) is 0 Å². The van der Waals surface area contributed by atoms with E-state index in [4.69, 9.17) is 0 Å². The van der Waals surface area contributed by atoms with Crippen LogP contribution in [0.1, 0.15) is 36.9 Å². The van der Waals surface area contributed by atoms with Gasteiger partial charge in [-0.3, -0.25) is 5.32 Å². The zero-order valence-electron chi connectivity index (χ0n) is 15.2. The Hall–Kier alpha value is -2.64. The molecule has 8 heteroatoms. The molecular weight excluding hydrogens is 318 g/mol. The first kappa shape index (κ1) is 17.2.